The van der Waals surface area contributed by atoms with Gasteiger partial charge in [0.05, 0.1) is 6.54 Å². The predicted molar refractivity (Wildman–Crippen MR) is 88.7 cm³/mol. The van der Waals surface area contributed by atoms with Crippen molar-refractivity contribution in [3.05, 3.63) is 29.1 Å². The Morgan fingerprint density at radius 2 is 2.00 bits per heavy atom. The van der Waals surface area contributed by atoms with E-state index in [-0.39, 0.29) is 54.3 Å². The number of benzene rings is 1. The first kappa shape index (κ1) is 17.0. The van der Waals surface area contributed by atoms with Crippen LogP contribution in [0.15, 0.2) is 12.1 Å². The van der Waals surface area contributed by atoms with Crippen LogP contribution < -0.4 is 15.8 Å². The van der Waals surface area contributed by atoms with Gasteiger partial charge in [0.2, 0.25) is 11.8 Å². The number of fused-ring (bicyclic) bond motifs is 1. The normalized spacial score (nSPS) is 28.3. The van der Waals surface area contributed by atoms with E-state index in [4.69, 9.17) is 10.5 Å². The molecular weight excluding hydrogens is 341 g/mol. The number of ether oxygens (including phenoxy) is 1. The van der Waals surface area contributed by atoms with Crippen LogP contribution in [-0.4, -0.2) is 40.8 Å². The SMILES string of the molecule is N[C@@H]1CCC[C@H]1Oc1ccc2c(c1F)CN(C1CCC(=O)NC1=O)C2=O. The van der Waals surface area contributed by atoms with E-state index in [0.29, 0.717) is 0 Å². The van der Waals surface area contributed by atoms with Crippen LogP contribution in [0.1, 0.15) is 48.0 Å². The lowest BCUT2D eigenvalue weighted by Gasteiger charge is -2.29. The Morgan fingerprint density at radius 1 is 1.19 bits per heavy atom. The van der Waals surface area contributed by atoms with E-state index in [2.05, 4.69) is 5.32 Å². The molecule has 2 fully saturated rings. The second-order valence-corrected chi connectivity index (χ2v) is 7.05. The molecule has 0 aromatic heterocycles. The van der Waals surface area contributed by atoms with Gasteiger partial charge in [-0.25, -0.2) is 4.39 Å². The number of hydrogen-bond acceptors (Lipinski definition) is 5. The Bertz CT molecular complexity index is 797. The molecule has 1 saturated carbocycles. The summed E-state index contributed by atoms with van der Waals surface area (Å²) in [6, 6.07) is 2.09. The fourth-order valence-corrected chi connectivity index (χ4v) is 3.94. The maximum Gasteiger partial charge on any atom is 0.255 e. The number of carbonyl (C=O) groups excluding carboxylic acids is 3. The summed E-state index contributed by atoms with van der Waals surface area (Å²) in [7, 11) is 0. The van der Waals surface area contributed by atoms with Crippen LogP contribution in [0.4, 0.5) is 4.39 Å². The quantitative estimate of drug-likeness (QED) is 0.777. The number of halogens is 1. The van der Waals surface area contributed by atoms with Gasteiger partial charge in [-0.15, -0.1) is 0 Å². The van der Waals surface area contributed by atoms with E-state index in [1.165, 1.54) is 17.0 Å². The molecule has 0 radical (unpaired) electrons. The molecule has 7 nitrogen and oxygen atoms in total. The zero-order chi connectivity index (χ0) is 18.4. The van der Waals surface area contributed by atoms with Gasteiger partial charge in [-0.1, -0.05) is 0 Å². The minimum Gasteiger partial charge on any atom is -0.486 e. The Morgan fingerprint density at radius 3 is 2.69 bits per heavy atom. The Balaban J connectivity index is 1.57. The zero-order valence-electron chi connectivity index (χ0n) is 14.2. The average Bonchev–Trinajstić information content (AvgIpc) is 3.15. The van der Waals surface area contributed by atoms with E-state index < -0.39 is 23.7 Å². The number of nitrogens with two attached hydrogens (primary N) is 1. The second kappa shape index (κ2) is 6.35. The Hall–Kier alpha value is -2.48. The highest BCUT2D eigenvalue weighted by Gasteiger charge is 2.41. The van der Waals surface area contributed by atoms with E-state index in [1.807, 2.05) is 0 Å². The highest BCUT2D eigenvalue weighted by Crippen LogP contribution is 2.34. The van der Waals surface area contributed by atoms with Gasteiger partial charge in [-0.2, -0.15) is 0 Å². The molecule has 0 bridgehead atoms. The monoisotopic (exact) mass is 361 g/mol. The lowest BCUT2D eigenvalue weighted by atomic mass is 10.0. The Kier molecular flexibility index (Phi) is 4.14. The van der Waals surface area contributed by atoms with Crippen LogP contribution >= 0.6 is 0 Å². The van der Waals surface area contributed by atoms with E-state index in [0.717, 1.165) is 19.3 Å². The van der Waals surface area contributed by atoms with Crippen molar-refractivity contribution in [2.75, 3.05) is 0 Å². The van der Waals surface area contributed by atoms with Crippen LogP contribution in [0.3, 0.4) is 0 Å². The van der Waals surface area contributed by atoms with Gasteiger partial charge in [0.1, 0.15) is 12.1 Å². The van der Waals surface area contributed by atoms with Gasteiger partial charge in [0.15, 0.2) is 11.6 Å². The number of piperidine rings is 1. The molecular formula is C18H20FN3O4. The average molecular weight is 361 g/mol. The van der Waals surface area contributed by atoms with Crippen molar-refractivity contribution in [2.24, 2.45) is 5.73 Å². The number of hydrogen-bond donors (Lipinski definition) is 2. The van der Waals surface area contributed by atoms with Crippen molar-refractivity contribution in [1.82, 2.24) is 10.2 Å². The first-order valence-electron chi connectivity index (χ1n) is 8.84. The molecule has 0 spiro atoms. The van der Waals surface area contributed by atoms with Gasteiger partial charge < -0.3 is 15.4 Å². The smallest absolute Gasteiger partial charge is 0.255 e. The highest BCUT2D eigenvalue weighted by atomic mass is 19.1. The molecule has 3 amide bonds. The summed E-state index contributed by atoms with van der Waals surface area (Å²) >= 11 is 0. The molecule has 3 atom stereocenters. The summed E-state index contributed by atoms with van der Waals surface area (Å²) in [6.45, 7) is -0.0137. The molecule has 1 aromatic rings. The molecule has 1 saturated heterocycles. The minimum absolute atomic E-state index is 0.0137. The first-order chi connectivity index (χ1) is 12.5. The molecule has 8 heteroatoms. The molecule has 4 rings (SSSR count). The van der Waals surface area contributed by atoms with Crippen LogP contribution in [0.2, 0.25) is 0 Å². The van der Waals surface area contributed by atoms with Gasteiger partial charge in [-0.05, 0) is 37.8 Å². The molecule has 138 valence electrons. The van der Waals surface area contributed by atoms with Gasteiger partial charge in [0, 0.05) is 23.6 Å². The van der Waals surface area contributed by atoms with Crippen molar-refractivity contribution in [3.8, 4) is 5.75 Å². The third-order valence-corrected chi connectivity index (χ3v) is 5.40. The van der Waals surface area contributed by atoms with E-state index in [9.17, 15) is 18.8 Å². The van der Waals surface area contributed by atoms with Crippen molar-refractivity contribution in [1.29, 1.82) is 0 Å². The molecule has 26 heavy (non-hydrogen) atoms. The number of amides is 3. The summed E-state index contributed by atoms with van der Waals surface area (Å²) in [6.07, 6.45) is 2.74. The van der Waals surface area contributed by atoms with Crippen molar-refractivity contribution in [3.63, 3.8) is 0 Å². The third-order valence-electron chi connectivity index (χ3n) is 5.40. The predicted octanol–water partition coefficient (Wildman–Crippen LogP) is 0.845. The van der Waals surface area contributed by atoms with Crippen molar-refractivity contribution in [2.45, 2.75) is 56.8 Å². The highest BCUT2D eigenvalue weighted by molar-refractivity contribution is 6.05. The lowest BCUT2D eigenvalue weighted by Crippen LogP contribution is -2.52. The summed E-state index contributed by atoms with van der Waals surface area (Å²) in [5, 5.41) is 2.23. The fourth-order valence-electron chi connectivity index (χ4n) is 3.94. The lowest BCUT2D eigenvalue weighted by molar-refractivity contribution is -0.136. The largest absolute Gasteiger partial charge is 0.486 e. The topological polar surface area (TPSA) is 102 Å². The first-order valence-corrected chi connectivity index (χ1v) is 8.84. The summed E-state index contributed by atoms with van der Waals surface area (Å²) < 4.78 is 20.7. The maximum absolute atomic E-state index is 14.9. The molecule has 2 aliphatic heterocycles. The molecule has 1 unspecified atom stereocenters. The van der Waals surface area contributed by atoms with Gasteiger partial charge >= 0.3 is 0 Å². The Labute approximate surface area is 149 Å². The molecule has 1 aromatic carbocycles. The van der Waals surface area contributed by atoms with Crippen LogP contribution in [0.5, 0.6) is 5.75 Å². The van der Waals surface area contributed by atoms with E-state index >= 15 is 0 Å². The molecule has 2 heterocycles. The third kappa shape index (κ3) is 2.74. The zero-order valence-corrected chi connectivity index (χ0v) is 14.2. The fraction of sp³-hybridized carbons (Fsp3) is 0.500. The number of carbonyl (C=O) groups is 3. The number of nitrogens with one attached hydrogen (secondary N) is 1. The number of rotatable bonds is 3. The molecule has 3 aliphatic rings. The van der Waals surface area contributed by atoms with Crippen molar-refractivity contribution < 1.29 is 23.5 Å². The summed E-state index contributed by atoms with van der Waals surface area (Å²) in [4.78, 5) is 37.3. The van der Waals surface area contributed by atoms with Crippen LogP contribution in [0, 0.1) is 5.82 Å². The van der Waals surface area contributed by atoms with Gasteiger partial charge in [0.25, 0.3) is 5.91 Å². The van der Waals surface area contributed by atoms with Gasteiger partial charge in [-0.3, -0.25) is 19.7 Å². The molecule has 1 aliphatic carbocycles. The maximum atomic E-state index is 14.9. The van der Waals surface area contributed by atoms with Crippen LogP contribution in [-0.2, 0) is 16.1 Å². The minimum atomic E-state index is -0.764. The van der Waals surface area contributed by atoms with E-state index in [1.54, 1.807) is 0 Å². The van der Waals surface area contributed by atoms with Crippen LogP contribution in [0.25, 0.3) is 0 Å². The number of nitrogens with zero attached hydrogens (tertiary/aromatic N) is 1. The van der Waals surface area contributed by atoms with Crippen molar-refractivity contribution >= 4 is 17.7 Å². The second-order valence-electron chi connectivity index (χ2n) is 7.05. The standard InChI is InChI=1S/C18H20FN3O4/c19-16-10-8-22(12-5-7-15(23)21-17(12)24)18(25)9(10)4-6-14(16)26-13-3-1-2-11(13)20/h4,6,11-13H,1-3,5,7-8,20H2,(H,21,23,24)/t11-,12?,13-/m1/s1. The number of imide groups is 1. The summed E-state index contributed by atoms with van der Waals surface area (Å²) in [5.41, 5.74) is 6.43. The molecule has 3 N–H and O–H groups in total. The summed E-state index contributed by atoms with van der Waals surface area (Å²) in [5.74, 6) is -1.77.